The first-order valence-corrected chi connectivity index (χ1v) is 6.08. The third kappa shape index (κ3) is 2.93. The highest BCUT2D eigenvalue weighted by atomic mass is 35.5. The summed E-state index contributed by atoms with van der Waals surface area (Å²) in [6.45, 7) is 2.07. The van der Waals surface area contributed by atoms with E-state index in [9.17, 15) is 0 Å². The molecule has 0 saturated carbocycles. The second kappa shape index (κ2) is 5.74. The molecule has 0 aliphatic rings. The maximum atomic E-state index is 6.09. The zero-order valence-electron chi connectivity index (χ0n) is 10.4. The molecular formula is C14H15ClN2O. The molecule has 1 heterocycles. The summed E-state index contributed by atoms with van der Waals surface area (Å²) in [6, 6.07) is 9.83. The fourth-order valence-electron chi connectivity index (χ4n) is 1.71. The Morgan fingerprint density at radius 2 is 2.17 bits per heavy atom. The van der Waals surface area contributed by atoms with Crippen LogP contribution >= 0.6 is 11.6 Å². The molecule has 2 rings (SSSR count). The monoisotopic (exact) mass is 262 g/mol. The number of anilines is 1. The predicted molar refractivity (Wildman–Crippen MR) is 74.3 cm³/mol. The van der Waals surface area contributed by atoms with E-state index in [0.717, 1.165) is 17.0 Å². The van der Waals surface area contributed by atoms with Gasteiger partial charge in [-0.05, 0) is 30.7 Å². The van der Waals surface area contributed by atoms with E-state index in [1.165, 1.54) is 0 Å². The number of nitrogens with zero attached hydrogens (tertiary/aromatic N) is 1. The molecule has 0 radical (unpaired) electrons. The Bertz CT molecular complexity index is 531. The van der Waals surface area contributed by atoms with Crippen molar-refractivity contribution in [3.8, 4) is 5.75 Å². The summed E-state index contributed by atoms with van der Waals surface area (Å²) in [5.41, 5.74) is 1.96. The van der Waals surface area contributed by atoms with E-state index in [2.05, 4.69) is 17.2 Å². The van der Waals surface area contributed by atoms with Crippen molar-refractivity contribution < 1.29 is 4.74 Å². The summed E-state index contributed by atoms with van der Waals surface area (Å²) in [5, 5.41) is 3.99. The number of benzene rings is 1. The zero-order chi connectivity index (χ0) is 13.0. The van der Waals surface area contributed by atoms with Gasteiger partial charge >= 0.3 is 0 Å². The number of halogens is 1. The Labute approximate surface area is 112 Å². The van der Waals surface area contributed by atoms with Crippen LogP contribution in [0.3, 0.4) is 0 Å². The van der Waals surface area contributed by atoms with Crippen molar-refractivity contribution in [2.75, 3.05) is 12.4 Å². The number of hydrogen-bond acceptors (Lipinski definition) is 3. The van der Waals surface area contributed by atoms with Crippen LogP contribution in [-0.2, 0) is 0 Å². The average molecular weight is 263 g/mol. The lowest BCUT2D eigenvalue weighted by molar-refractivity contribution is 0.414. The minimum atomic E-state index is 0.127. The summed E-state index contributed by atoms with van der Waals surface area (Å²) in [7, 11) is 1.66. The molecule has 1 aromatic carbocycles. The Morgan fingerprint density at radius 1 is 1.33 bits per heavy atom. The molecule has 0 aliphatic heterocycles. The Hall–Kier alpha value is -1.74. The van der Waals surface area contributed by atoms with Crippen LogP contribution in [0.15, 0.2) is 42.7 Å². The van der Waals surface area contributed by atoms with Gasteiger partial charge in [0.2, 0.25) is 0 Å². The minimum Gasteiger partial charge on any atom is -0.497 e. The van der Waals surface area contributed by atoms with E-state index < -0.39 is 0 Å². The highest BCUT2D eigenvalue weighted by Gasteiger charge is 2.08. The molecule has 0 saturated heterocycles. The second-order valence-corrected chi connectivity index (χ2v) is 4.41. The average Bonchev–Trinajstić information content (AvgIpc) is 2.41. The molecule has 1 unspecified atom stereocenters. The smallest absolute Gasteiger partial charge is 0.119 e. The predicted octanol–water partition coefficient (Wildman–Crippen LogP) is 3.92. The Morgan fingerprint density at radius 3 is 2.89 bits per heavy atom. The standard InChI is InChI=1S/C14H15ClN2O/c1-10(11-4-3-5-12(8-11)18-2)17-14-9-16-7-6-13(14)15/h3-10,17H,1-2H3. The number of hydrogen-bond donors (Lipinski definition) is 1. The molecule has 4 heteroatoms. The van der Waals surface area contributed by atoms with Crippen LogP contribution in [0.25, 0.3) is 0 Å². The molecule has 3 nitrogen and oxygen atoms in total. The van der Waals surface area contributed by atoms with Crippen molar-refractivity contribution in [2.24, 2.45) is 0 Å². The summed E-state index contributed by atoms with van der Waals surface area (Å²) in [5.74, 6) is 0.846. The first kappa shape index (κ1) is 12.7. The lowest BCUT2D eigenvalue weighted by Crippen LogP contribution is -2.07. The van der Waals surface area contributed by atoms with Crippen molar-refractivity contribution >= 4 is 17.3 Å². The van der Waals surface area contributed by atoms with Gasteiger partial charge in [-0.1, -0.05) is 23.7 Å². The molecule has 2 aromatic rings. The van der Waals surface area contributed by atoms with E-state index >= 15 is 0 Å². The molecule has 0 spiro atoms. The number of nitrogens with one attached hydrogen (secondary N) is 1. The Kier molecular flexibility index (Phi) is 4.05. The van der Waals surface area contributed by atoms with Crippen molar-refractivity contribution in [2.45, 2.75) is 13.0 Å². The van der Waals surface area contributed by atoms with Crippen LogP contribution in [0, 0.1) is 0 Å². The van der Waals surface area contributed by atoms with E-state index in [1.54, 1.807) is 25.6 Å². The summed E-state index contributed by atoms with van der Waals surface area (Å²) in [6.07, 6.45) is 3.39. The van der Waals surface area contributed by atoms with E-state index in [4.69, 9.17) is 16.3 Å². The van der Waals surface area contributed by atoms with Crippen LogP contribution < -0.4 is 10.1 Å². The van der Waals surface area contributed by atoms with Crippen LogP contribution in [0.4, 0.5) is 5.69 Å². The van der Waals surface area contributed by atoms with Gasteiger partial charge in [-0.15, -0.1) is 0 Å². The van der Waals surface area contributed by atoms with Crippen molar-refractivity contribution in [3.63, 3.8) is 0 Å². The fourth-order valence-corrected chi connectivity index (χ4v) is 1.87. The molecule has 18 heavy (non-hydrogen) atoms. The van der Waals surface area contributed by atoms with Gasteiger partial charge in [0.1, 0.15) is 5.75 Å². The SMILES string of the molecule is COc1cccc(C(C)Nc2cnccc2Cl)c1. The van der Waals surface area contributed by atoms with Crippen LogP contribution in [0.5, 0.6) is 5.75 Å². The number of pyridine rings is 1. The maximum absolute atomic E-state index is 6.09. The molecule has 0 amide bonds. The molecule has 1 aromatic heterocycles. The van der Waals surface area contributed by atoms with E-state index in [1.807, 2.05) is 24.3 Å². The minimum absolute atomic E-state index is 0.127. The first-order valence-electron chi connectivity index (χ1n) is 5.70. The second-order valence-electron chi connectivity index (χ2n) is 4.00. The topological polar surface area (TPSA) is 34.1 Å². The maximum Gasteiger partial charge on any atom is 0.119 e. The highest BCUT2D eigenvalue weighted by Crippen LogP contribution is 2.26. The lowest BCUT2D eigenvalue weighted by atomic mass is 10.1. The molecule has 0 bridgehead atoms. The fraction of sp³-hybridized carbons (Fsp3) is 0.214. The van der Waals surface area contributed by atoms with Gasteiger partial charge in [0.05, 0.1) is 24.0 Å². The molecule has 0 aliphatic carbocycles. The molecule has 94 valence electrons. The summed E-state index contributed by atoms with van der Waals surface area (Å²) < 4.78 is 5.21. The lowest BCUT2D eigenvalue weighted by Gasteiger charge is -2.17. The number of rotatable bonds is 4. The normalized spacial score (nSPS) is 11.9. The summed E-state index contributed by atoms with van der Waals surface area (Å²) in [4.78, 5) is 4.05. The third-order valence-electron chi connectivity index (χ3n) is 2.73. The molecule has 0 fully saturated rings. The van der Waals surface area contributed by atoms with Crippen molar-refractivity contribution in [3.05, 3.63) is 53.3 Å². The quantitative estimate of drug-likeness (QED) is 0.907. The number of methoxy groups -OCH3 is 1. The van der Waals surface area contributed by atoms with E-state index in [0.29, 0.717) is 5.02 Å². The molecule has 1 atom stereocenters. The van der Waals surface area contributed by atoms with Gasteiger partial charge in [-0.25, -0.2) is 0 Å². The van der Waals surface area contributed by atoms with Gasteiger partial charge in [0, 0.05) is 12.2 Å². The van der Waals surface area contributed by atoms with Crippen molar-refractivity contribution in [1.82, 2.24) is 4.98 Å². The summed E-state index contributed by atoms with van der Waals surface area (Å²) >= 11 is 6.09. The first-order chi connectivity index (χ1) is 8.70. The van der Waals surface area contributed by atoms with Crippen LogP contribution in [0.2, 0.25) is 5.02 Å². The van der Waals surface area contributed by atoms with Gasteiger partial charge in [0.15, 0.2) is 0 Å². The van der Waals surface area contributed by atoms with Crippen LogP contribution in [0.1, 0.15) is 18.5 Å². The van der Waals surface area contributed by atoms with Gasteiger partial charge < -0.3 is 10.1 Å². The number of ether oxygens (including phenoxy) is 1. The highest BCUT2D eigenvalue weighted by molar-refractivity contribution is 6.33. The molecular weight excluding hydrogens is 248 g/mol. The van der Waals surface area contributed by atoms with Crippen molar-refractivity contribution in [1.29, 1.82) is 0 Å². The zero-order valence-corrected chi connectivity index (χ0v) is 11.1. The van der Waals surface area contributed by atoms with Gasteiger partial charge in [-0.2, -0.15) is 0 Å². The Balaban J connectivity index is 2.16. The third-order valence-corrected chi connectivity index (χ3v) is 3.06. The van der Waals surface area contributed by atoms with E-state index in [-0.39, 0.29) is 6.04 Å². The molecule has 1 N–H and O–H groups in total. The van der Waals surface area contributed by atoms with Crippen LogP contribution in [-0.4, -0.2) is 12.1 Å². The largest absolute Gasteiger partial charge is 0.497 e. The number of aromatic nitrogens is 1. The van der Waals surface area contributed by atoms with Gasteiger partial charge in [-0.3, -0.25) is 4.98 Å². The van der Waals surface area contributed by atoms with Gasteiger partial charge in [0.25, 0.3) is 0 Å².